The Hall–Kier alpha value is -0.260. The third kappa shape index (κ3) is 5.59. The zero-order valence-electron chi connectivity index (χ0n) is 9.92. The lowest BCUT2D eigenvalue weighted by Gasteiger charge is -2.08. The molecular weight excluding hydrogens is 300 g/mol. The Kier molecular flexibility index (Phi) is 7.70. The topological polar surface area (TPSA) is 40.6 Å². The van der Waals surface area contributed by atoms with E-state index in [1.165, 1.54) is 6.07 Å². The van der Waals surface area contributed by atoms with Crippen LogP contribution in [0.2, 0.25) is 15.2 Å². The summed E-state index contributed by atoms with van der Waals surface area (Å²) in [6.07, 6.45) is 0.849. The van der Waals surface area contributed by atoms with E-state index in [1.807, 2.05) is 0 Å². The van der Waals surface area contributed by atoms with E-state index in [2.05, 4.69) is 4.98 Å². The SMILES string of the molecule is COCCCOCCOc1nc(Cl)c(Cl)cc1Cl. The summed E-state index contributed by atoms with van der Waals surface area (Å²) in [5.41, 5.74) is 0. The number of rotatable bonds is 8. The second-order valence-electron chi connectivity index (χ2n) is 3.36. The lowest BCUT2D eigenvalue weighted by molar-refractivity contribution is 0.0796. The molecule has 0 aliphatic rings. The summed E-state index contributed by atoms with van der Waals surface area (Å²) in [7, 11) is 1.65. The van der Waals surface area contributed by atoms with Gasteiger partial charge in [0.05, 0.1) is 11.6 Å². The predicted molar refractivity (Wildman–Crippen MR) is 72.1 cm³/mol. The molecule has 0 amide bonds. The monoisotopic (exact) mass is 313 g/mol. The van der Waals surface area contributed by atoms with Crippen LogP contribution in [0, 0.1) is 0 Å². The standard InChI is InChI=1S/C11H14Cl3NO3/c1-16-3-2-4-17-5-6-18-11-9(13)7-8(12)10(14)15-11/h7H,2-6H2,1H3. The van der Waals surface area contributed by atoms with Crippen LogP contribution >= 0.6 is 34.8 Å². The number of methoxy groups -OCH3 is 1. The first-order chi connectivity index (χ1) is 8.65. The second-order valence-corrected chi connectivity index (χ2v) is 4.53. The Bertz CT molecular complexity index is 377. The molecule has 0 saturated heterocycles. The maximum absolute atomic E-state index is 5.89. The molecule has 0 unspecified atom stereocenters. The molecule has 1 rings (SSSR count). The number of hydrogen-bond donors (Lipinski definition) is 0. The van der Waals surface area contributed by atoms with Crippen LogP contribution in [-0.4, -0.2) is 38.5 Å². The van der Waals surface area contributed by atoms with Crippen molar-refractivity contribution in [2.24, 2.45) is 0 Å². The van der Waals surface area contributed by atoms with Crippen LogP contribution in [0.4, 0.5) is 0 Å². The molecule has 1 aromatic heterocycles. The Morgan fingerprint density at radius 3 is 2.56 bits per heavy atom. The summed E-state index contributed by atoms with van der Waals surface area (Å²) >= 11 is 17.4. The van der Waals surface area contributed by atoms with E-state index < -0.39 is 0 Å². The average molecular weight is 315 g/mol. The molecule has 1 aromatic rings. The van der Waals surface area contributed by atoms with Gasteiger partial charge in [0.1, 0.15) is 11.6 Å². The predicted octanol–water partition coefficient (Wildman–Crippen LogP) is 3.47. The van der Waals surface area contributed by atoms with Crippen LogP contribution in [0.5, 0.6) is 5.88 Å². The summed E-state index contributed by atoms with van der Waals surface area (Å²) < 4.78 is 15.5. The third-order valence-electron chi connectivity index (χ3n) is 1.96. The largest absolute Gasteiger partial charge is 0.474 e. The molecule has 0 saturated carbocycles. The van der Waals surface area contributed by atoms with E-state index >= 15 is 0 Å². The number of halogens is 3. The highest BCUT2D eigenvalue weighted by molar-refractivity contribution is 6.42. The lowest BCUT2D eigenvalue weighted by Crippen LogP contribution is -2.09. The molecule has 0 spiro atoms. The molecule has 1 heterocycles. The summed E-state index contributed by atoms with van der Waals surface area (Å²) in [6, 6.07) is 1.49. The Morgan fingerprint density at radius 1 is 1.06 bits per heavy atom. The molecule has 18 heavy (non-hydrogen) atoms. The van der Waals surface area contributed by atoms with Crippen molar-refractivity contribution in [3.8, 4) is 5.88 Å². The highest BCUT2D eigenvalue weighted by atomic mass is 35.5. The smallest absolute Gasteiger partial charge is 0.234 e. The summed E-state index contributed by atoms with van der Waals surface area (Å²) in [6.45, 7) is 2.10. The van der Waals surface area contributed by atoms with Gasteiger partial charge in [-0.2, -0.15) is 4.98 Å². The Balaban J connectivity index is 2.25. The normalized spacial score (nSPS) is 10.7. The maximum atomic E-state index is 5.89. The summed E-state index contributed by atoms with van der Waals surface area (Å²) in [5, 5.41) is 0.783. The molecule has 0 radical (unpaired) electrons. The maximum Gasteiger partial charge on any atom is 0.234 e. The van der Waals surface area contributed by atoms with Gasteiger partial charge in [0.15, 0.2) is 5.15 Å². The van der Waals surface area contributed by atoms with Crippen LogP contribution in [0.1, 0.15) is 6.42 Å². The average Bonchev–Trinajstić information content (AvgIpc) is 2.34. The van der Waals surface area contributed by atoms with E-state index in [1.54, 1.807) is 7.11 Å². The van der Waals surface area contributed by atoms with Crippen molar-refractivity contribution in [3.63, 3.8) is 0 Å². The van der Waals surface area contributed by atoms with E-state index in [-0.39, 0.29) is 11.0 Å². The van der Waals surface area contributed by atoms with Gasteiger partial charge in [0.2, 0.25) is 5.88 Å². The van der Waals surface area contributed by atoms with Crippen LogP contribution in [0.25, 0.3) is 0 Å². The number of hydrogen-bond acceptors (Lipinski definition) is 4. The van der Waals surface area contributed by atoms with Crippen molar-refractivity contribution >= 4 is 34.8 Å². The number of nitrogens with zero attached hydrogens (tertiary/aromatic N) is 1. The highest BCUT2D eigenvalue weighted by Crippen LogP contribution is 2.30. The van der Waals surface area contributed by atoms with E-state index in [4.69, 9.17) is 49.0 Å². The fourth-order valence-corrected chi connectivity index (χ4v) is 1.68. The minimum atomic E-state index is 0.164. The first-order valence-corrected chi connectivity index (χ1v) is 6.49. The molecule has 7 heteroatoms. The van der Waals surface area contributed by atoms with Crippen LogP contribution in [-0.2, 0) is 9.47 Å². The first-order valence-electron chi connectivity index (χ1n) is 5.36. The zero-order chi connectivity index (χ0) is 13.4. The van der Waals surface area contributed by atoms with Gasteiger partial charge in [-0.3, -0.25) is 0 Å². The van der Waals surface area contributed by atoms with Gasteiger partial charge >= 0.3 is 0 Å². The summed E-state index contributed by atoms with van der Waals surface area (Å²) in [5.74, 6) is 0.256. The van der Waals surface area contributed by atoms with Crippen LogP contribution < -0.4 is 4.74 Å². The van der Waals surface area contributed by atoms with E-state index in [0.717, 1.165) is 6.42 Å². The minimum Gasteiger partial charge on any atom is -0.474 e. The number of aromatic nitrogens is 1. The fourth-order valence-electron chi connectivity index (χ4n) is 1.13. The van der Waals surface area contributed by atoms with E-state index in [9.17, 15) is 0 Å². The van der Waals surface area contributed by atoms with Crippen LogP contribution in [0.15, 0.2) is 6.07 Å². The summed E-state index contributed by atoms with van der Waals surface area (Å²) in [4.78, 5) is 3.92. The van der Waals surface area contributed by atoms with Crippen molar-refractivity contribution in [2.75, 3.05) is 33.5 Å². The molecule has 102 valence electrons. The van der Waals surface area contributed by atoms with Crippen LogP contribution in [0.3, 0.4) is 0 Å². The number of pyridine rings is 1. The van der Waals surface area contributed by atoms with Gasteiger partial charge in [-0.15, -0.1) is 0 Å². The Morgan fingerprint density at radius 2 is 1.83 bits per heavy atom. The molecule has 0 N–H and O–H groups in total. The highest BCUT2D eigenvalue weighted by Gasteiger charge is 2.08. The van der Waals surface area contributed by atoms with Gasteiger partial charge in [-0.05, 0) is 12.5 Å². The minimum absolute atomic E-state index is 0.164. The molecule has 4 nitrogen and oxygen atoms in total. The zero-order valence-corrected chi connectivity index (χ0v) is 12.2. The van der Waals surface area contributed by atoms with Gasteiger partial charge in [0.25, 0.3) is 0 Å². The van der Waals surface area contributed by atoms with Gasteiger partial charge in [0, 0.05) is 20.3 Å². The Labute approximate surface area is 121 Å². The molecule has 0 fully saturated rings. The van der Waals surface area contributed by atoms with Gasteiger partial charge in [-0.25, -0.2) is 0 Å². The molecule has 0 aliphatic carbocycles. The van der Waals surface area contributed by atoms with Crippen molar-refractivity contribution in [1.82, 2.24) is 4.98 Å². The molecule has 0 aromatic carbocycles. The van der Waals surface area contributed by atoms with Crippen molar-refractivity contribution < 1.29 is 14.2 Å². The molecule has 0 aliphatic heterocycles. The quantitative estimate of drug-likeness (QED) is 0.544. The van der Waals surface area contributed by atoms with Crippen molar-refractivity contribution in [2.45, 2.75) is 6.42 Å². The third-order valence-corrected chi connectivity index (χ3v) is 2.90. The fraction of sp³-hybridized carbons (Fsp3) is 0.545. The van der Waals surface area contributed by atoms with Crippen molar-refractivity contribution in [3.05, 3.63) is 21.3 Å². The van der Waals surface area contributed by atoms with E-state index in [0.29, 0.717) is 36.5 Å². The van der Waals surface area contributed by atoms with Gasteiger partial charge < -0.3 is 14.2 Å². The first kappa shape index (κ1) is 15.8. The number of ether oxygens (including phenoxy) is 3. The van der Waals surface area contributed by atoms with Gasteiger partial charge in [-0.1, -0.05) is 34.8 Å². The molecular formula is C11H14Cl3NO3. The second kappa shape index (κ2) is 8.77. The molecule has 0 atom stereocenters. The lowest BCUT2D eigenvalue weighted by atomic mass is 10.5. The van der Waals surface area contributed by atoms with Crippen molar-refractivity contribution in [1.29, 1.82) is 0 Å². The molecule has 0 bridgehead atoms.